The van der Waals surface area contributed by atoms with Gasteiger partial charge in [-0.2, -0.15) is 0 Å². The molecular weight excluding hydrogens is 166 g/mol. The van der Waals surface area contributed by atoms with Crippen LogP contribution in [0.2, 0.25) is 0 Å². The summed E-state index contributed by atoms with van der Waals surface area (Å²) >= 11 is 0. The summed E-state index contributed by atoms with van der Waals surface area (Å²) < 4.78 is 0. The summed E-state index contributed by atoms with van der Waals surface area (Å²) in [5.74, 6) is 0.278. The van der Waals surface area contributed by atoms with Gasteiger partial charge in [-0.3, -0.25) is 9.79 Å². The third-order valence-corrected chi connectivity index (χ3v) is 1.98. The summed E-state index contributed by atoms with van der Waals surface area (Å²) in [6.45, 7) is 2.39. The van der Waals surface area contributed by atoms with Crippen molar-refractivity contribution in [3.8, 4) is 0 Å². The Kier molecular flexibility index (Phi) is 3.73. The fraction of sp³-hybridized carbons (Fsp3) is 0.778. The molecule has 0 aliphatic carbocycles. The number of carbonyl (C=O) groups is 1. The Morgan fingerprint density at radius 3 is 2.92 bits per heavy atom. The lowest BCUT2D eigenvalue weighted by atomic mass is 10.4. The van der Waals surface area contributed by atoms with Gasteiger partial charge in [0.25, 0.3) is 0 Å². The maximum Gasteiger partial charge on any atom is 0.222 e. The molecule has 4 heteroatoms. The van der Waals surface area contributed by atoms with Crippen molar-refractivity contribution in [2.24, 2.45) is 4.99 Å². The third-order valence-electron chi connectivity index (χ3n) is 1.98. The van der Waals surface area contributed by atoms with Crippen molar-refractivity contribution in [3.63, 3.8) is 0 Å². The standard InChI is InChI=1S/C9H17N3O/c1-11(2)8-10-5-7-12-6-3-4-9(12)13/h8H,3-7H2,1-2H3. The summed E-state index contributed by atoms with van der Waals surface area (Å²) in [5, 5.41) is 0. The smallest absolute Gasteiger partial charge is 0.222 e. The topological polar surface area (TPSA) is 35.9 Å². The van der Waals surface area contributed by atoms with Gasteiger partial charge in [-0.05, 0) is 6.42 Å². The zero-order chi connectivity index (χ0) is 9.68. The summed E-state index contributed by atoms with van der Waals surface area (Å²) in [7, 11) is 3.87. The predicted molar refractivity (Wildman–Crippen MR) is 52.9 cm³/mol. The van der Waals surface area contributed by atoms with Crippen LogP contribution in [0.4, 0.5) is 0 Å². The first-order valence-corrected chi connectivity index (χ1v) is 4.64. The number of likely N-dealkylation sites (tertiary alicyclic amines) is 1. The largest absolute Gasteiger partial charge is 0.369 e. The zero-order valence-electron chi connectivity index (χ0n) is 8.36. The average molecular weight is 183 g/mol. The second kappa shape index (κ2) is 4.84. The molecule has 1 aliphatic heterocycles. The van der Waals surface area contributed by atoms with E-state index in [1.165, 1.54) is 0 Å². The quantitative estimate of drug-likeness (QED) is 0.461. The lowest BCUT2D eigenvalue weighted by Crippen LogP contribution is -2.27. The van der Waals surface area contributed by atoms with Gasteiger partial charge in [-0.1, -0.05) is 0 Å². The van der Waals surface area contributed by atoms with Gasteiger partial charge in [0.2, 0.25) is 5.91 Å². The van der Waals surface area contributed by atoms with Crippen LogP contribution in [-0.4, -0.2) is 55.8 Å². The van der Waals surface area contributed by atoms with E-state index in [1.54, 1.807) is 6.34 Å². The van der Waals surface area contributed by atoms with Crippen molar-refractivity contribution in [1.82, 2.24) is 9.80 Å². The van der Waals surface area contributed by atoms with Crippen LogP contribution in [0, 0.1) is 0 Å². The maximum atomic E-state index is 11.2. The van der Waals surface area contributed by atoms with E-state index in [-0.39, 0.29) is 5.91 Å². The van der Waals surface area contributed by atoms with Crippen molar-refractivity contribution in [3.05, 3.63) is 0 Å². The van der Waals surface area contributed by atoms with Gasteiger partial charge in [0.1, 0.15) is 0 Å². The molecule has 13 heavy (non-hydrogen) atoms. The van der Waals surface area contributed by atoms with E-state index >= 15 is 0 Å². The van der Waals surface area contributed by atoms with Crippen molar-refractivity contribution in [1.29, 1.82) is 0 Å². The van der Waals surface area contributed by atoms with E-state index in [1.807, 2.05) is 23.9 Å². The fourth-order valence-electron chi connectivity index (χ4n) is 1.34. The number of nitrogens with zero attached hydrogens (tertiary/aromatic N) is 3. The molecule has 0 N–H and O–H groups in total. The molecule has 0 atom stereocenters. The minimum atomic E-state index is 0.278. The Balaban J connectivity index is 2.15. The Morgan fingerprint density at radius 1 is 1.62 bits per heavy atom. The van der Waals surface area contributed by atoms with Gasteiger partial charge in [0.05, 0.1) is 12.9 Å². The summed E-state index contributed by atoms with van der Waals surface area (Å²) in [6, 6.07) is 0. The van der Waals surface area contributed by atoms with Gasteiger partial charge in [0, 0.05) is 33.6 Å². The first kappa shape index (κ1) is 10.0. The molecule has 74 valence electrons. The zero-order valence-corrected chi connectivity index (χ0v) is 8.36. The molecule has 0 aromatic carbocycles. The van der Waals surface area contributed by atoms with Gasteiger partial charge >= 0.3 is 0 Å². The number of rotatable bonds is 4. The molecule has 0 aromatic heterocycles. The van der Waals surface area contributed by atoms with E-state index in [9.17, 15) is 4.79 Å². The highest BCUT2D eigenvalue weighted by Crippen LogP contribution is 2.08. The summed E-state index contributed by atoms with van der Waals surface area (Å²) in [5.41, 5.74) is 0. The highest BCUT2D eigenvalue weighted by molar-refractivity contribution is 5.78. The second-order valence-corrected chi connectivity index (χ2v) is 3.47. The van der Waals surface area contributed by atoms with Gasteiger partial charge in [-0.15, -0.1) is 0 Å². The van der Waals surface area contributed by atoms with Crippen molar-refractivity contribution in [2.45, 2.75) is 12.8 Å². The first-order chi connectivity index (χ1) is 6.20. The van der Waals surface area contributed by atoms with Crippen LogP contribution in [0.1, 0.15) is 12.8 Å². The Morgan fingerprint density at radius 2 is 2.38 bits per heavy atom. The van der Waals surface area contributed by atoms with Gasteiger partial charge in [0.15, 0.2) is 0 Å². The SMILES string of the molecule is CN(C)C=NCCN1CCCC1=O. The van der Waals surface area contributed by atoms with Crippen molar-refractivity contribution >= 4 is 12.2 Å². The van der Waals surface area contributed by atoms with E-state index in [0.717, 1.165) is 25.9 Å². The number of carbonyl (C=O) groups excluding carboxylic acids is 1. The van der Waals surface area contributed by atoms with Crippen LogP contribution in [0.5, 0.6) is 0 Å². The van der Waals surface area contributed by atoms with Crippen LogP contribution in [0.3, 0.4) is 0 Å². The van der Waals surface area contributed by atoms with E-state index < -0.39 is 0 Å². The van der Waals surface area contributed by atoms with Crippen LogP contribution < -0.4 is 0 Å². The number of amides is 1. The lowest BCUT2D eigenvalue weighted by Gasteiger charge is -2.13. The van der Waals surface area contributed by atoms with E-state index in [0.29, 0.717) is 6.54 Å². The molecule has 1 heterocycles. The van der Waals surface area contributed by atoms with Crippen molar-refractivity contribution < 1.29 is 4.79 Å². The normalized spacial score (nSPS) is 17.4. The molecular formula is C9H17N3O. The molecule has 1 amide bonds. The summed E-state index contributed by atoms with van der Waals surface area (Å²) in [6.07, 6.45) is 3.51. The van der Waals surface area contributed by atoms with Crippen LogP contribution in [0.25, 0.3) is 0 Å². The Hall–Kier alpha value is -1.06. The summed E-state index contributed by atoms with van der Waals surface area (Å²) in [4.78, 5) is 19.1. The molecule has 0 bridgehead atoms. The molecule has 0 radical (unpaired) electrons. The molecule has 1 aliphatic rings. The number of hydrogen-bond donors (Lipinski definition) is 0. The van der Waals surface area contributed by atoms with Crippen LogP contribution in [0.15, 0.2) is 4.99 Å². The van der Waals surface area contributed by atoms with Crippen LogP contribution >= 0.6 is 0 Å². The Bertz CT molecular complexity index is 201. The monoisotopic (exact) mass is 183 g/mol. The highest BCUT2D eigenvalue weighted by atomic mass is 16.2. The fourth-order valence-corrected chi connectivity index (χ4v) is 1.34. The molecule has 0 unspecified atom stereocenters. The molecule has 4 nitrogen and oxygen atoms in total. The van der Waals surface area contributed by atoms with Crippen LogP contribution in [-0.2, 0) is 4.79 Å². The highest BCUT2D eigenvalue weighted by Gasteiger charge is 2.18. The van der Waals surface area contributed by atoms with Crippen molar-refractivity contribution in [2.75, 3.05) is 33.7 Å². The Labute approximate surface area is 79.2 Å². The molecule has 1 saturated heterocycles. The maximum absolute atomic E-state index is 11.2. The molecule has 0 spiro atoms. The first-order valence-electron chi connectivity index (χ1n) is 4.64. The number of aliphatic imine (C=N–C) groups is 1. The molecule has 0 saturated carbocycles. The molecule has 0 aromatic rings. The number of hydrogen-bond acceptors (Lipinski definition) is 2. The third kappa shape index (κ3) is 3.44. The molecule has 1 fully saturated rings. The molecule has 1 rings (SSSR count). The lowest BCUT2D eigenvalue weighted by molar-refractivity contribution is -0.127. The average Bonchev–Trinajstić information content (AvgIpc) is 2.45. The van der Waals surface area contributed by atoms with E-state index in [4.69, 9.17) is 0 Å². The minimum absolute atomic E-state index is 0.278. The van der Waals surface area contributed by atoms with E-state index in [2.05, 4.69) is 4.99 Å². The second-order valence-electron chi connectivity index (χ2n) is 3.47. The van der Waals surface area contributed by atoms with Gasteiger partial charge in [-0.25, -0.2) is 0 Å². The minimum Gasteiger partial charge on any atom is -0.369 e. The van der Waals surface area contributed by atoms with Gasteiger partial charge < -0.3 is 9.80 Å². The predicted octanol–water partition coefficient (Wildman–Crippen LogP) is 0.199.